The Labute approximate surface area is 118 Å². The molecule has 1 saturated heterocycles. The van der Waals surface area contributed by atoms with Crippen LogP contribution < -0.4 is 5.32 Å². The van der Waals surface area contributed by atoms with Crippen molar-refractivity contribution in [2.75, 3.05) is 6.61 Å². The first-order valence-corrected chi connectivity index (χ1v) is 7.39. The molecule has 1 amide bonds. The zero-order chi connectivity index (χ0) is 13.2. The van der Waals surface area contributed by atoms with Gasteiger partial charge in [0, 0.05) is 18.1 Å². The van der Waals surface area contributed by atoms with Crippen molar-refractivity contribution in [1.82, 2.24) is 5.32 Å². The number of hydrogen-bond donors (Lipinski definition) is 1. The van der Waals surface area contributed by atoms with Crippen LogP contribution in [0.1, 0.15) is 35.2 Å². The monoisotopic (exact) mass is 279 g/mol. The average molecular weight is 280 g/mol. The number of carbonyl (C=O) groups is 1. The van der Waals surface area contributed by atoms with Gasteiger partial charge in [0.1, 0.15) is 0 Å². The van der Waals surface area contributed by atoms with E-state index in [1.54, 1.807) is 0 Å². The molecule has 0 bridgehead atoms. The fraction of sp³-hybridized carbons (Fsp3) is 0.533. The van der Waals surface area contributed by atoms with E-state index >= 15 is 0 Å². The number of halogens is 1. The summed E-state index contributed by atoms with van der Waals surface area (Å²) in [4.78, 5) is 12.2. The molecule has 2 unspecified atom stereocenters. The summed E-state index contributed by atoms with van der Waals surface area (Å²) in [6, 6.07) is 7.64. The number of benzene rings is 1. The van der Waals surface area contributed by atoms with E-state index < -0.39 is 0 Å². The molecule has 1 aromatic carbocycles. The summed E-state index contributed by atoms with van der Waals surface area (Å²) in [6.07, 6.45) is 3.61. The van der Waals surface area contributed by atoms with Crippen LogP contribution in [0.5, 0.6) is 0 Å². The van der Waals surface area contributed by atoms with Crippen LogP contribution >= 0.6 is 11.6 Å². The topological polar surface area (TPSA) is 38.3 Å². The second kappa shape index (κ2) is 5.51. The van der Waals surface area contributed by atoms with Gasteiger partial charge in [-0.15, -0.1) is 11.6 Å². The van der Waals surface area contributed by atoms with E-state index in [9.17, 15) is 4.79 Å². The second-order valence-corrected chi connectivity index (χ2v) is 5.64. The van der Waals surface area contributed by atoms with Gasteiger partial charge in [-0.1, -0.05) is 12.1 Å². The molecule has 2 aliphatic rings. The number of alkyl halides is 1. The number of carbonyl (C=O) groups excluding carboxylic acids is 1. The molecule has 0 aromatic heterocycles. The fourth-order valence-corrected chi connectivity index (χ4v) is 2.87. The van der Waals surface area contributed by atoms with E-state index in [0.29, 0.717) is 17.4 Å². The Balaban J connectivity index is 1.66. The molecular weight excluding hydrogens is 262 g/mol. The quantitative estimate of drug-likeness (QED) is 0.861. The lowest BCUT2D eigenvalue weighted by molar-refractivity contribution is 0.0729. The first kappa shape index (κ1) is 12.9. The van der Waals surface area contributed by atoms with Crippen LogP contribution in [-0.4, -0.2) is 24.7 Å². The van der Waals surface area contributed by atoms with Gasteiger partial charge in [-0.25, -0.2) is 0 Å². The lowest BCUT2D eigenvalue weighted by Gasteiger charge is -2.19. The summed E-state index contributed by atoms with van der Waals surface area (Å²) in [7, 11) is 0. The number of rotatable bonds is 4. The molecule has 1 aliphatic heterocycles. The maximum absolute atomic E-state index is 12.2. The van der Waals surface area contributed by atoms with Gasteiger partial charge in [0.15, 0.2) is 0 Å². The van der Waals surface area contributed by atoms with E-state index in [2.05, 4.69) is 5.32 Å². The van der Waals surface area contributed by atoms with Crippen LogP contribution in [0, 0.1) is 5.92 Å². The first-order chi connectivity index (χ1) is 9.28. The van der Waals surface area contributed by atoms with Crippen molar-refractivity contribution in [3.8, 4) is 0 Å². The third-order valence-electron chi connectivity index (χ3n) is 3.88. The maximum atomic E-state index is 12.2. The Morgan fingerprint density at radius 3 is 2.95 bits per heavy atom. The van der Waals surface area contributed by atoms with Crippen molar-refractivity contribution in [2.24, 2.45) is 5.92 Å². The molecular formula is C15H18ClNO2. The summed E-state index contributed by atoms with van der Waals surface area (Å²) < 4.78 is 5.74. The van der Waals surface area contributed by atoms with Crippen molar-refractivity contribution in [3.63, 3.8) is 0 Å². The highest BCUT2D eigenvalue weighted by atomic mass is 35.5. The zero-order valence-corrected chi connectivity index (χ0v) is 11.5. The third-order valence-corrected chi connectivity index (χ3v) is 4.19. The summed E-state index contributed by atoms with van der Waals surface area (Å²) in [6.45, 7) is 0.758. The van der Waals surface area contributed by atoms with Gasteiger partial charge >= 0.3 is 0 Å². The van der Waals surface area contributed by atoms with Crippen LogP contribution in [0.4, 0.5) is 0 Å². The van der Waals surface area contributed by atoms with Gasteiger partial charge in [-0.3, -0.25) is 4.79 Å². The van der Waals surface area contributed by atoms with E-state index in [1.165, 1.54) is 12.8 Å². The van der Waals surface area contributed by atoms with E-state index in [4.69, 9.17) is 16.3 Å². The van der Waals surface area contributed by atoms with Crippen LogP contribution in [0.2, 0.25) is 0 Å². The summed E-state index contributed by atoms with van der Waals surface area (Å²) >= 11 is 5.80. The molecule has 4 heteroatoms. The van der Waals surface area contributed by atoms with Crippen molar-refractivity contribution in [3.05, 3.63) is 35.4 Å². The molecule has 1 saturated carbocycles. The summed E-state index contributed by atoms with van der Waals surface area (Å²) in [5.41, 5.74) is 1.65. The van der Waals surface area contributed by atoms with E-state index in [1.807, 2.05) is 24.3 Å². The molecule has 1 aliphatic carbocycles. The fourth-order valence-electron chi connectivity index (χ4n) is 2.70. The predicted molar refractivity (Wildman–Crippen MR) is 74.3 cm³/mol. The minimum absolute atomic E-state index is 0.0203. The molecule has 3 rings (SSSR count). The highest BCUT2D eigenvalue weighted by Gasteiger charge is 2.41. The van der Waals surface area contributed by atoms with Crippen LogP contribution in [0.3, 0.4) is 0 Å². The van der Waals surface area contributed by atoms with Crippen molar-refractivity contribution in [1.29, 1.82) is 0 Å². The smallest absolute Gasteiger partial charge is 0.251 e. The predicted octanol–water partition coefficient (Wildman–Crippen LogP) is 2.72. The maximum Gasteiger partial charge on any atom is 0.251 e. The SMILES string of the molecule is O=C(NC1CCOC1C1CC1)c1cccc(CCl)c1. The first-order valence-electron chi connectivity index (χ1n) is 6.85. The summed E-state index contributed by atoms with van der Waals surface area (Å²) in [5.74, 6) is 1.06. The van der Waals surface area contributed by atoms with Gasteiger partial charge in [0.2, 0.25) is 0 Å². The van der Waals surface area contributed by atoms with Gasteiger partial charge in [0.05, 0.1) is 12.1 Å². The third kappa shape index (κ3) is 2.93. The molecule has 1 heterocycles. The highest BCUT2D eigenvalue weighted by molar-refractivity contribution is 6.17. The highest BCUT2D eigenvalue weighted by Crippen LogP contribution is 2.38. The lowest BCUT2D eigenvalue weighted by atomic mass is 10.1. The minimum Gasteiger partial charge on any atom is -0.376 e. The standard InChI is InChI=1S/C15H18ClNO2/c16-9-10-2-1-3-12(8-10)15(18)17-13-6-7-19-14(13)11-4-5-11/h1-3,8,11,13-14H,4-7,9H2,(H,17,18). The number of amides is 1. The van der Waals surface area contributed by atoms with Crippen LogP contribution in [0.15, 0.2) is 24.3 Å². The van der Waals surface area contributed by atoms with Gasteiger partial charge < -0.3 is 10.1 Å². The number of nitrogens with one attached hydrogen (secondary N) is 1. The Kier molecular flexibility index (Phi) is 3.76. The minimum atomic E-state index is -0.0203. The molecule has 3 nitrogen and oxygen atoms in total. The molecule has 0 radical (unpaired) electrons. The molecule has 1 aromatic rings. The van der Waals surface area contributed by atoms with Crippen molar-refractivity contribution < 1.29 is 9.53 Å². The number of ether oxygens (including phenoxy) is 1. The Hall–Kier alpha value is -1.06. The lowest BCUT2D eigenvalue weighted by Crippen LogP contribution is -2.41. The number of hydrogen-bond acceptors (Lipinski definition) is 2. The molecule has 19 heavy (non-hydrogen) atoms. The Bertz CT molecular complexity index is 473. The van der Waals surface area contributed by atoms with E-state index in [0.717, 1.165) is 18.6 Å². The summed E-state index contributed by atoms with van der Waals surface area (Å²) in [5, 5.41) is 3.11. The zero-order valence-electron chi connectivity index (χ0n) is 10.8. The van der Waals surface area contributed by atoms with Crippen LogP contribution in [0.25, 0.3) is 0 Å². The molecule has 1 N–H and O–H groups in total. The van der Waals surface area contributed by atoms with E-state index in [-0.39, 0.29) is 18.1 Å². The Morgan fingerprint density at radius 1 is 1.37 bits per heavy atom. The Morgan fingerprint density at radius 2 is 2.21 bits per heavy atom. The molecule has 2 atom stereocenters. The van der Waals surface area contributed by atoms with Gasteiger partial charge in [0.25, 0.3) is 5.91 Å². The van der Waals surface area contributed by atoms with Crippen LogP contribution in [-0.2, 0) is 10.6 Å². The van der Waals surface area contributed by atoms with Crippen molar-refractivity contribution >= 4 is 17.5 Å². The largest absolute Gasteiger partial charge is 0.376 e. The van der Waals surface area contributed by atoms with Crippen molar-refractivity contribution in [2.45, 2.75) is 37.3 Å². The second-order valence-electron chi connectivity index (χ2n) is 5.38. The molecule has 102 valence electrons. The normalized spacial score (nSPS) is 26.4. The molecule has 0 spiro atoms. The average Bonchev–Trinajstić information content (AvgIpc) is 3.19. The molecule has 2 fully saturated rings. The van der Waals surface area contributed by atoms with Gasteiger partial charge in [-0.05, 0) is 42.9 Å². The van der Waals surface area contributed by atoms with Gasteiger partial charge in [-0.2, -0.15) is 0 Å².